The quantitative estimate of drug-likeness (QED) is 0.534. The van der Waals surface area contributed by atoms with Gasteiger partial charge in [-0.25, -0.2) is 4.99 Å². The van der Waals surface area contributed by atoms with Crippen molar-refractivity contribution < 1.29 is 9.47 Å². The summed E-state index contributed by atoms with van der Waals surface area (Å²) < 4.78 is 10.9. The summed E-state index contributed by atoms with van der Waals surface area (Å²) in [6, 6.07) is 5.86. The smallest absolute Gasteiger partial charge is 0.191 e. The molecule has 0 aliphatic heterocycles. The van der Waals surface area contributed by atoms with Crippen LogP contribution in [-0.4, -0.2) is 26.2 Å². The summed E-state index contributed by atoms with van der Waals surface area (Å²) in [6.07, 6.45) is 0. The Hall–Kier alpha value is -1.92. The maximum absolute atomic E-state index is 6.31. The SMILES string of the molecule is CCNC(=NCc1cc(Cl)c(OCC)c(OC)c1)NCc1ccsc1. The van der Waals surface area contributed by atoms with Crippen molar-refractivity contribution in [1.82, 2.24) is 10.6 Å². The molecule has 1 heterocycles. The lowest BCUT2D eigenvalue weighted by atomic mass is 10.2. The molecule has 0 unspecified atom stereocenters. The summed E-state index contributed by atoms with van der Waals surface area (Å²) in [6.45, 7) is 6.51. The monoisotopic (exact) mass is 381 g/mol. The van der Waals surface area contributed by atoms with E-state index >= 15 is 0 Å². The van der Waals surface area contributed by atoms with E-state index in [2.05, 4.69) is 32.5 Å². The molecule has 0 amide bonds. The minimum absolute atomic E-state index is 0.488. The Morgan fingerprint density at radius 2 is 2.08 bits per heavy atom. The Bertz CT molecular complexity index is 690. The third-order valence-corrected chi connectivity index (χ3v) is 4.39. The highest BCUT2D eigenvalue weighted by atomic mass is 35.5. The predicted molar refractivity (Wildman–Crippen MR) is 105 cm³/mol. The van der Waals surface area contributed by atoms with Gasteiger partial charge in [0.25, 0.3) is 0 Å². The number of benzene rings is 1. The highest BCUT2D eigenvalue weighted by molar-refractivity contribution is 7.07. The van der Waals surface area contributed by atoms with E-state index < -0.39 is 0 Å². The van der Waals surface area contributed by atoms with E-state index in [1.165, 1.54) is 5.56 Å². The van der Waals surface area contributed by atoms with Gasteiger partial charge in [-0.15, -0.1) is 0 Å². The topological polar surface area (TPSA) is 54.9 Å². The van der Waals surface area contributed by atoms with Gasteiger partial charge in [-0.2, -0.15) is 11.3 Å². The van der Waals surface area contributed by atoms with E-state index in [-0.39, 0.29) is 0 Å². The van der Waals surface area contributed by atoms with Crippen LogP contribution < -0.4 is 20.1 Å². The molecule has 0 fully saturated rings. The third-order valence-electron chi connectivity index (χ3n) is 3.38. The van der Waals surface area contributed by atoms with Gasteiger partial charge in [0, 0.05) is 13.1 Å². The molecule has 1 aromatic heterocycles. The van der Waals surface area contributed by atoms with Crippen molar-refractivity contribution in [3.63, 3.8) is 0 Å². The Morgan fingerprint density at radius 3 is 2.72 bits per heavy atom. The van der Waals surface area contributed by atoms with Gasteiger partial charge in [-0.1, -0.05) is 11.6 Å². The molecule has 0 atom stereocenters. The summed E-state index contributed by atoms with van der Waals surface area (Å²) in [5.74, 6) is 1.95. The van der Waals surface area contributed by atoms with Gasteiger partial charge < -0.3 is 20.1 Å². The summed E-state index contributed by atoms with van der Waals surface area (Å²) in [4.78, 5) is 4.62. The van der Waals surface area contributed by atoms with Gasteiger partial charge >= 0.3 is 0 Å². The number of hydrogen-bond donors (Lipinski definition) is 2. The van der Waals surface area contributed by atoms with Crippen molar-refractivity contribution in [2.75, 3.05) is 20.3 Å². The lowest BCUT2D eigenvalue weighted by molar-refractivity contribution is 0.311. The van der Waals surface area contributed by atoms with Crippen LogP contribution in [0.3, 0.4) is 0 Å². The molecule has 0 saturated heterocycles. The Labute approximate surface area is 158 Å². The van der Waals surface area contributed by atoms with E-state index in [9.17, 15) is 0 Å². The fraction of sp³-hybridized carbons (Fsp3) is 0.389. The maximum Gasteiger partial charge on any atom is 0.191 e. The molecule has 2 N–H and O–H groups in total. The number of ether oxygens (including phenoxy) is 2. The lowest BCUT2D eigenvalue weighted by Gasteiger charge is -2.13. The molecule has 0 spiro atoms. The molecular weight excluding hydrogens is 358 g/mol. The molecule has 0 aliphatic rings. The largest absolute Gasteiger partial charge is 0.493 e. The lowest BCUT2D eigenvalue weighted by Crippen LogP contribution is -2.36. The number of aliphatic imine (C=N–C) groups is 1. The first-order valence-electron chi connectivity index (χ1n) is 8.20. The average Bonchev–Trinajstić information content (AvgIpc) is 3.13. The van der Waals surface area contributed by atoms with Crippen molar-refractivity contribution >= 4 is 28.9 Å². The zero-order valence-corrected chi connectivity index (χ0v) is 16.3. The number of nitrogens with one attached hydrogen (secondary N) is 2. The second-order valence-electron chi connectivity index (χ2n) is 5.22. The number of thiophene rings is 1. The Morgan fingerprint density at radius 1 is 1.24 bits per heavy atom. The van der Waals surface area contributed by atoms with Crippen LogP contribution in [-0.2, 0) is 13.1 Å². The molecule has 136 valence electrons. The first kappa shape index (κ1) is 19.4. The molecule has 0 bridgehead atoms. The van der Waals surface area contributed by atoms with E-state index in [0.717, 1.165) is 24.6 Å². The van der Waals surface area contributed by atoms with Gasteiger partial charge in [0.2, 0.25) is 0 Å². The van der Waals surface area contributed by atoms with Crippen molar-refractivity contribution in [1.29, 1.82) is 0 Å². The number of nitrogens with zero attached hydrogens (tertiary/aromatic N) is 1. The Kier molecular flexibility index (Phi) is 7.88. The number of halogens is 1. The Balaban J connectivity index is 2.09. The van der Waals surface area contributed by atoms with Crippen LogP contribution in [0, 0.1) is 0 Å². The highest BCUT2D eigenvalue weighted by Gasteiger charge is 2.11. The molecule has 2 rings (SSSR count). The number of guanidine groups is 1. The maximum atomic E-state index is 6.31. The van der Waals surface area contributed by atoms with Crippen LogP contribution in [0.25, 0.3) is 0 Å². The first-order valence-corrected chi connectivity index (χ1v) is 9.52. The molecular formula is C18H24ClN3O2S. The number of methoxy groups -OCH3 is 1. The van der Waals surface area contributed by atoms with Gasteiger partial charge in [-0.05, 0) is 53.9 Å². The van der Waals surface area contributed by atoms with Gasteiger partial charge in [0.05, 0.1) is 25.3 Å². The number of rotatable bonds is 8. The molecule has 0 saturated carbocycles. The second-order valence-corrected chi connectivity index (χ2v) is 6.41. The van der Waals surface area contributed by atoms with Crippen LogP contribution in [0.1, 0.15) is 25.0 Å². The van der Waals surface area contributed by atoms with E-state index in [0.29, 0.717) is 29.7 Å². The van der Waals surface area contributed by atoms with Crippen molar-refractivity contribution in [2.45, 2.75) is 26.9 Å². The summed E-state index contributed by atoms with van der Waals surface area (Å²) in [5.41, 5.74) is 2.19. The minimum atomic E-state index is 0.488. The van der Waals surface area contributed by atoms with Crippen LogP contribution in [0.5, 0.6) is 11.5 Å². The highest BCUT2D eigenvalue weighted by Crippen LogP contribution is 2.36. The van der Waals surface area contributed by atoms with Crippen molar-refractivity contribution in [3.8, 4) is 11.5 Å². The van der Waals surface area contributed by atoms with Crippen LogP contribution >= 0.6 is 22.9 Å². The fourth-order valence-corrected chi connectivity index (χ4v) is 3.20. The van der Waals surface area contributed by atoms with Gasteiger partial charge in [-0.3, -0.25) is 0 Å². The van der Waals surface area contributed by atoms with E-state index in [4.69, 9.17) is 21.1 Å². The van der Waals surface area contributed by atoms with Gasteiger partial charge in [0.15, 0.2) is 17.5 Å². The standard InChI is InChI=1S/C18H24ClN3O2S/c1-4-20-18(21-10-13-6-7-25-12-13)22-11-14-8-15(19)17(24-5-2)16(9-14)23-3/h6-9,12H,4-5,10-11H2,1-3H3,(H2,20,21,22). The summed E-state index contributed by atoms with van der Waals surface area (Å²) in [5, 5.41) is 11.3. The molecule has 0 aliphatic carbocycles. The summed E-state index contributed by atoms with van der Waals surface area (Å²) >= 11 is 8.00. The molecule has 2 aromatic rings. The van der Waals surface area contributed by atoms with Crippen LogP contribution in [0.15, 0.2) is 34.0 Å². The molecule has 1 aromatic carbocycles. The predicted octanol–water partition coefficient (Wildman–Crippen LogP) is 4.06. The minimum Gasteiger partial charge on any atom is -0.493 e. The molecule has 0 radical (unpaired) electrons. The molecule has 7 heteroatoms. The van der Waals surface area contributed by atoms with Crippen LogP contribution in [0.2, 0.25) is 5.02 Å². The average molecular weight is 382 g/mol. The third kappa shape index (κ3) is 5.83. The van der Waals surface area contributed by atoms with E-state index in [1.807, 2.05) is 26.0 Å². The molecule has 5 nitrogen and oxygen atoms in total. The zero-order chi connectivity index (χ0) is 18.1. The number of hydrogen-bond acceptors (Lipinski definition) is 4. The van der Waals surface area contributed by atoms with Gasteiger partial charge in [0.1, 0.15) is 0 Å². The first-order chi connectivity index (χ1) is 12.2. The summed E-state index contributed by atoms with van der Waals surface area (Å²) in [7, 11) is 1.60. The van der Waals surface area contributed by atoms with Crippen molar-refractivity contribution in [2.24, 2.45) is 4.99 Å². The van der Waals surface area contributed by atoms with E-state index in [1.54, 1.807) is 18.4 Å². The second kappa shape index (κ2) is 10.2. The van der Waals surface area contributed by atoms with Crippen LogP contribution in [0.4, 0.5) is 0 Å². The normalized spacial score (nSPS) is 11.3. The molecule has 25 heavy (non-hydrogen) atoms. The van der Waals surface area contributed by atoms with Crippen molar-refractivity contribution in [3.05, 3.63) is 45.1 Å². The fourth-order valence-electron chi connectivity index (χ4n) is 2.24. The zero-order valence-electron chi connectivity index (χ0n) is 14.8.